The van der Waals surface area contributed by atoms with Crippen molar-refractivity contribution < 1.29 is 28.2 Å². The highest BCUT2D eigenvalue weighted by atomic mass is 32.1. The summed E-state index contributed by atoms with van der Waals surface area (Å²) in [6.45, 7) is 0.594. The number of benzene rings is 3. The Kier molecular flexibility index (Phi) is 7.52. The number of aromatic nitrogens is 3. The number of rotatable bonds is 11. The predicted molar refractivity (Wildman–Crippen MR) is 155 cm³/mol. The lowest BCUT2D eigenvalue weighted by Gasteiger charge is -2.11. The standard InChI is InChI=1S/C30H26N4O6S/c1-36-22-12-25(23-14-27(40-26(23)13-22)24-15-34-29(32-24)41-30(33-34)37-2)39-17-20-9-6-10-21(11-20)31-28(35)18-38-16-19-7-4-3-5-8-19/h3-15H,16-18H2,1-2H3,(H,31,35). The van der Waals surface area contributed by atoms with E-state index in [-0.39, 0.29) is 19.1 Å². The highest BCUT2D eigenvalue weighted by Gasteiger charge is 2.17. The molecule has 0 aliphatic heterocycles. The molecule has 0 radical (unpaired) electrons. The van der Waals surface area contributed by atoms with Crippen LogP contribution in [-0.4, -0.2) is 41.3 Å². The second-order valence-corrected chi connectivity index (χ2v) is 10.0. The van der Waals surface area contributed by atoms with E-state index in [0.717, 1.165) is 16.5 Å². The maximum absolute atomic E-state index is 12.4. The Balaban J connectivity index is 1.14. The first-order valence-electron chi connectivity index (χ1n) is 12.7. The fraction of sp³-hybridized carbons (Fsp3) is 0.167. The van der Waals surface area contributed by atoms with Crippen molar-refractivity contribution in [3.8, 4) is 28.1 Å². The van der Waals surface area contributed by atoms with Gasteiger partial charge in [0, 0.05) is 17.8 Å². The summed E-state index contributed by atoms with van der Waals surface area (Å²) in [4.78, 5) is 17.7. The molecule has 10 nitrogen and oxygen atoms in total. The molecule has 0 bridgehead atoms. The maximum atomic E-state index is 12.4. The third kappa shape index (κ3) is 6.01. The Bertz CT molecular complexity index is 1780. The van der Waals surface area contributed by atoms with Crippen LogP contribution in [0.25, 0.3) is 27.4 Å². The quantitative estimate of drug-likeness (QED) is 0.203. The topological polar surface area (TPSA) is 109 Å². The molecule has 208 valence electrons. The van der Waals surface area contributed by atoms with Crippen molar-refractivity contribution in [1.82, 2.24) is 14.6 Å². The van der Waals surface area contributed by atoms with Crippen molar-refractivity contribution in [3.63, 3.8) is 0 Å². The molecule has 0 atom stereocenters. The number of ether oxygens (including phenoxy) is 4. The smallest absolute Gasteiger partial charge is 0.294 e. The van der Waals surface area contributed by atoms with Gasteiger partial charge in [-0.3, -0.25) is 4.79 Å². The summed E-state index contributed by atoms with van der Waals surface area (Å²) < 4.78 is 30.2. The normalized spacial score (nSPS) is 11.2. The summed E-state index contributed by atoms with van der Waals surface area (Å²) in [7, 11) is 3.16. The van der Waals surface area contributed by atoms with Crippen molar-refractivity contribution in [1.29, 1.82) is 0 Å². The number of methoxy groups -OCH3 is 2. The zero-order valence-electron chi connectivity index (χ0n) is 22.3. The first kappa shape index (κ1) is 26.4. The molecule has 6 aromatic rings. The van der Waals surface area contributed by atoms with Crippen molar-refractivity contribution >= 4 is 38.9 Å². The van der Waals surface area contributed by atoms with E-state index in [0.29, 0.717) is 51.0 Å². The molecular weight excluding hydrogens is 544 g/mol. The molecule has 3 aromatic carbocycles. The van der Waals surface area contributed by atoms with Crippen LogP contribution < -0.4 is 19.5 Å². The van der Waals surface area contributed by atoms with E-state index in [4.69, 9.17) is 23.4 Å². The summed E-state index contributed by atoms with van der Waals surface area (Å²) in [5.74, 6) is 1.54. The maximum Gasteiger partial charge on any atom is 0.294 e. The van der Waals surface area contributed by atoms with Crippen LogP contribution in [0.5, 0.6) is 16.7 Å². The van der Waals surface area contributed by atoms with Crippen LogP contribution in [0.2, 0.25) is 0 Å². The third-order valence-electron chi connectivity index (χ3n) is 6.21. The molecule has 0 fully saturated rings. The molecule has 1 amide bonds. The number of carbonyl (C=O) groups excluding carboxylic acids is 1. The molecule has 1 N–H and O–H groups in total. The fourth-order valence-corrected chi connectivity index (χ4v) is 4.96. The second kappa shape index (κ2) is 11.7. The molecule has 6 rings (SSSR count). The van der Waals surface area contributed by atoms with Gasteiger partial charge in [-0.05, 0) is 40.7 Å². The molecule has 3 aromatic heterocycles. The van der Waals surface area contributed by atoms with E-state index >= 15 is 0 Å². The van der Waals surface area contributed by atoms with Gasteiger partial charge in [-0.25, -0.2) is 9.50 Å². The van der Waals surface area contributed by atoms with Gasteiger partial charge in [-0.15, -0.1) is 5.10 Å². The lowest BCUT2D eigenvalue weighted by molar-refractivity contribution is -0.121. The largest absolute Gasteiger partial charge is 0.496 e. The number of nitrogens with zero attached hydrogens (tertiary/aromatic N) is 3. The highest BCUT2D eigenvalue weighted by molar-refractivity contribution is 7.18. The SMILES string of the molecule is COc1cc(OCc2cccc(NC(=O)COCc3ccccc3)c2)c2cc(-c3cn4nc(OC)sc4n3)oc2c1. The number of fused-ring (bicyclic) bond motifs is 2. The van der Waals surface area contributed by atoms with Gasteiger partial charge in [0.2, 0.25) is 10.9 Å². The summed E-state index contributed by atoms with van der Waals surface area (Å²) in [5, 5.41) is 8.51. The van der Waals surface area contributed by atoms with Crippen molar-refractivity contribution in [2.75, 3.05) is 26.1 Å². The van der Waals surface area contributed by atoms with Crippen LogP contribution in [0.15, 0.2) is 83.4 Å². The van der Waals surface area contributed by atoms with E-state index < -0.39 is 0 Å². The number of furan rings is 1. The molecule has 41 heavy (non-hydrogen) atoms. The first-order chi connectivity index (χ1) is 20.1. The molecular formula is C30H26N4O6S. The monoisotopic (exact) mass is 570 g/mol. The first-order valence-corrected chi connectivity index (χ1v) is 13.5. The molecule has 0 aliphatic carbocycles. The number of hydrogen-bond acceptors (Lipinski definition) is 9. The van der Waals surface area contributed by atoms with E-state index in [9.17, 15) is 4.79 Å². The van der Waals surface area contributed by atoms with Gasteiger partial charge in [0.25, 0.3) is 5.19 Å². The average molecular weight is 571 g/mol. The van der Waals surface area contributed by atoms with Crippen LogP contribution in [0.3, 0.4) is 0 Å². The van der Waals surface area contributed by atoms with Crippen molar-refractivity contribution in [2.45, 2.75) is 13.2 Å². The van der Waals surface area contributed by atoms with E-state index in [2.05, 4.69) is 15.4 Å². The minimum atomic E-state index is -0.229. The molecule has 0 spiro atoms. The van der Waals surface area contributed by atoms with Crippen LogP contribution in [0.4, 0.5) is 5.69 Å². The van der Waals surface area contributed by atoms with Gasteiger partial charge in [0.15, 0.2) is 5.76 Å². The zero-order valence-corrected chi connectivity index (χ0v) is 23.1. The molecule has 0 saturated heterocycles. The highest BCUT2D eigenvalue weighted by Crippen LogP contribution is 2.37. The molecule has 3 heterocycles. The molecule has 0 saturated carbocycles. The van der Waals surface area contributed by atoms with Crippen molar-refractivity contribution in [3.05, 3.63) is 90.1 Å². The lowest BCUT2D eigenvalue weighted by Crippen LogP contribution is -2.18. The number of anilines is 1. The van der Waals surface area contributed by atoms with Crippen LogP contribution in [-0.2, 0) is 22.7 Å². The Morgan fingerprint density at radius 1 is 0.976 bits per heavy atom. The van der Waals surface area contributed by atoms with Gasteiger partial charge in [-0.1, -0.05) is 42.5 Å². The Labute approximate surface area is 239 Å². The lowest BCUT2D eigenvalue weighted by atomic mass is 10.2. The van der Waals surface area contributed by atoms with Gasteiger partial charge >= 0.3 is 0 Å². The van der Waals surface area contributed by atoms with Crippen molar-refractivity contribution in [2.24, 2.45) is 0 Å². The van der Waals surface area contributed by atoms with E-state index in [1.807, 2.05) is 66.7 Å². The van der Waals surface area contributed by atoms with Crippen LogP contribution >= 0.6 is 11.3 Å². The summed E-state index contributed by atoms with van der Waals surface area (Å²) in [5.41, 5.74) is 3.79. The molecule has 11 heteroatoms. The van der Waals surface area contributed by atoms with Gasteiger partial charge in [-0.2, -0.15) is 0 Å². The average Bonchev–Trinajstić information content (AvgIpc) is 3.70. The Hall–Kier alpha value is -4.87. The van der Waals surface area contributed by atoms with Crippen LogP contribution in [0.1, 0.15) is 11.1 Å². The third-order valence-corrected chi connectivity index (χ3v) is 7.09. The number of amides is 1. The molecule has 0 unspecified atom stereocenters. The zero-order chi connectivity index (χ0) is 28.2. The second-order valence-electron chi connectivity index (χ2n) is 9.09. The number of carbonyl (C=O) groups is 1. The number of nitrogens with one attached hydrogen (secondary N) is 1. The van der Waals surface area contributed by atoms with Gasteiger partial charge in [0.1, 0.15) is 36.0 Å². The van der Waals surface area contributed by atoms with E-state index in [1.165, 1.54) is 11.3 Å². The Morgan fingerprint density at radius 2 is 1.83 bits per heavy atom. The van der Waals surface area contributed by atoms with Crippen LogP contribution in [0, 0.1) is 0 Å². The molecule has 0 aliphatic rings. The minimum absolute atomic E-state index is 0.0431. The summed E-state index contributed by atoms with van der Waals surface area (Å²) in [6.07, 6.45) is 1.79. The number of imidazole rings is 1. The fourth-order valence-electron chi connectivity index (χ4n) is 4.26. The summed E-state index contributed by atoms with van der Waals surface area (Å²) >= 11 is 1.34. The minimum Gasteiger partial charge on any atom is -0.496 e. The van der Waals surface area contributed by atoms with Gasteiger partial charge < -0.3 is 28.7 Å². The van der Waals surface area contributed by atoms with Gasteiger partial charge in [0.05, 0.1) is 32.4 Å². The predicted octanol–water partition coefficient (Wildman–Crippen LogP) is 5.96. The number of hydrogen-bond donors (Lipinski definition) is 1. The van der Waals surface area contributed by atoms with E-state index in [1.54, 1.807) is 31.0 Å². The Morgan fingerprint density at radius 3 is 2.63 bits per heavy atom. The summed E-state index contributed by atoms with van der Waals surface area (Å²) in [6, 6.07) is 22.7.